The third-order valence-corrected chi connectivity index (χ3v) is 5.05. The molecule has 0 saturated heterocycles. The molecule has 1 aromatic rings. The third-order valence-electron chi connectivity index (χ3n) is 3.68. The minimum Gasteiger partial charge on any atom is -0.507 e. The van der Waals surface area contributed by atoms with Crippen molar-refractivity contribution >= 4 is 34.4 Å². The van der Waals surface area contributed by atoms with Crippen molar-refractivity contribution in [2.24, 2.45) is 4.99 Å². The van der Waals surface area contributed by atoms with E-state index in [-0.39, 0.29) is 12.3 Å². The van der Waals surface area contributed by atoms with Crippen LogP contribution in [0.1, 0.15) is 24.8 Å². The number of nitrogens with one attached hydrogen (secondary N) is 1. The number of nitrogens with zero attached hydrogens (tertiary/aromatic N) is 1. The van der Waals surface area contributed by atoms with E-state index in [0.29, 0.717) is 12.1 Å². The highest BCUT2D eigenvalue weighted by atomic mass is 32.2. The summed E-state index contributed by atoms with van der Waals surface area (Å²) in [7, 11) is 0. The van der Waals surface area contributed by atoms with Crippen molar-refractivity contribution in [3.05, 3.63) is 41.1 Å². The number of phenols is 1. The summed E-state index contributed by atoms with van der Waals surface area (Å²) in [5.74, 6) is 0.190. The van der Waals surface area contributed by atoms with Gasteiger partial charge in [-0.3, -0.25) is 4.99 Å². The van der Waals surface area contributed by atoms with Crippen LogP contribution in [-0.4, -0.2) is 46.1 Å². The van der Waals surface area contributed by atoms with Crippen molar-refractivity contribution in [3.8, 4) is 5.75 Å². The number of hydrogen-bond acceptors (Lipinski definition) is 6. The number of aliphatic hydroxyl groups is 1. The molecule has 6 heteroatoms. The van der Waals surface area contributed by atoms with Gasteiger partial charge in [0.05, 0.1) is 16.8 Å². The van der Waals surface area contributed by atoms with Gasteiger partial charge < -0.3 is 15.5 Å². The highest BCUT2D eigenvalue weighted by Crippen LogP contribution is 2.28. The van der Waals surface area contributed by atoms with Crippen LogP contribution in [0.4, 0.5) is 0 Å². The number of rotatable bonds is 7. The van der Waals surface area contributed by atoms with Gasteiger partial charge in [-0.15, -0.1) is 11.8 Å². The molecule has 124 valence electrons. The quantitative estimate of drug-likeness (QED) is 0.521. The minimum absolute atomic E-state index is 0.190. The average molecular weight is 351 g/mol. The Morgan fingerprint density at radius 3 is 2.96 bits per heavy atom. The van der Waals surface area contributed by atoms with Gasteiger partial charge in [-0.2, -0.15) is 0 Å². The Morgan fingerprint density at radius 1 is 1.43 bits per heavy atom. The van der Waals surface area contributed by atoms with Crippen LogP contribution in [0.15, 0.2) is 40.5 Å². The second kappa shape index (κ2) is 9.05. The molecule has 2 rings (SSSR count). The maximum absolute atomic E-state index is 10.0. The highest BCUT2D eigenvalue weighted by Gasteiger charge is 2.18. The molecule has 0 aromatic heterocycles. The molecular formula is C17H22N2O2S2. The van der Waals surface area contributed by atoms with Gasteiger partial charge in [-0.05, 0) is 43.2 Å². The van der Waals surface area contributed by atoms with Gasteiger partial charge in [0.15, 0.2) is 0 Å². The third kappa shape index (κ3) is 5.34. The smallest absolute Gasteiger partial charge is 0.124 e. The van der Waals surface area contributed by atoms with Crippen molar-refractivity contribution in [2.45, 2.75) is 25.4 Å². The number of allylic oxidation sites excluding steroid dienone is 1. The van der Waals surface area contributed by atoms with Crippen LogP contribution in [0.5, 0.6) is 5.75 Å². The first-order valence-corrected chi connectivity index (χ1v) is 9.25. The summed E-state index contributed by atoms with van der Waals surface area (Å²) in [6.45, 7) is 0.741. The lowest BCUT2D eigenvalue weighted by Gasteiger charge is -2.13. The SMILES string of the molecule is CSC(=S)C1=C(NCC(O)CN=Cc2ccccc2O)CCC1. The number of aliphatic hydroxyl groups excluding tert-OH is 1. The molecule has 1 atom stereocenters. The zero-order valence-corrected chi connectivity index (χ0v) is 14.8. The maximum Gasteiger partial charge on any atom is 0.124 e. The summed E-state index contributed by atoms with van der Waals surface area (Å²) in [6.07, 6.45) is 6.12. The second-order valence-electron chi connectivity index (χ2n) is 5.39. The van der Waals surface area contributed by atoms with Gasteiger partial charge >= 0.3 is 0 Å². The first-order chi connectivity index (χ1) is 11.1. The molecule has 1 aromatic carbocycles. The summed E-state index contributed by atoms with van der Waals surface area (Å²) < 4.78 is 0.942. The summed E-state index contributed by atoms with van der Waals surface area (Å²) in [5, 5.41) is 23.0. The van der Waals surface area contributed by atoms with Crippen LogP contribution in [0.2, 0.25) is 0 Å². The molecule has 4 nitrogen and oxygen atoms in total. The van der Waals surface area contributed by atoms with E-state index >= 15 is 0 Å². The monoisotopic (exact) mass is 350 g/mol. The molecule has 0 saturated carbocycles. The zero-order valence-electron chi connectivity index (χ0n) is 13.2. The average Bonchev–Trinajstić information content (AvgIpc) is 3.02. The Balaban J connectivity index is 1.82. The van der Waals surface area contributed by atoms with Crippen molar-refractivity contribution in [1.29, 1.82) is 0 Å². The van der Waals surface area contributed by atoms with Crippen LogP contribution in [0.25, 0.3) is 0 Å². The van der Waals surface area contributed by atoms with Crippen molar-refractivity contribution in [2.75, 3.05) is 19.3 Å². The fraction of sp³-hybridized carbons (Fsp3) is 0.412. The number of thiocarbonyl (C=S) groups is 1. The molecule has 0 bridgehead atoms. The van der Waals surface area contributed by atoms with E-state index in [0.717, 1.165) is 29.2 Å². The van der Waals surface area contributed by atoms with Gasteiger partial charge in [-0.25, -0.2) is 0 Å². The van der Waals surface area contributed by atoms with E-state index in [1.165, 1.54) is 5.57 Å². The maximum atomic E-state index is 10.0. The number of aromatic hydroxyl groups is 1. The Morgan fingerprint density at radius 2 is 2.22 bits per heavy atom. The fourth-order valence-electron chi connectivity index (χ4n) is 2.46. The summed E-state index contributed by atoms with van der Waals surface area (Å²) in [4.78, 5) is 4.20. The minimum atomic E-state index is -0.575. The largest absolute Gasteiger partial charge is 0.507 e. The number of para-hydroxylation sites is 1. The van der Waals surface area contributed by atoms with Crippen LogP contribution in [0.3, 0.4) is 0 Å². The Bertz CT molecular complexity index is 614. The number of phenolic OH excluding ortho intramolecular Hbond substituents is 1. The van der Waals surface area contributed by atoms with Gasteiger partial charge in [-0.1, -0.05) is 24.4 Å². The number of aliphatic imine (C=N–C) groups is 1. The van der Waals surface area contributed by atoms with Crippen LogP contribution < -0.4 is 5.32 Å². The predicted octanol–water partition coefficient (Wildman–Crippen LogP) is 2.89. The first-order valence-electron chi connectivity index (χ1n) is 7.62. The molecule has 1 aliphatic carbocycles. The molecule has 0 heterocycles. The molecule has 0 radical (unpaired) electrons. The fourth-order valence-corrected chi connectivity index (χ4v) is 3.16. The molecule has 0 spiro atoms. The lowest BCUT2D eigenvalue weighted by atomic mass is 10.2. The van der Waals surface area contributed by atoms with E-state index in [9.17, 15) is 10.2 Å². The second-order valence-corrected chi connectivity index (χ2v) is 6.87. The molecule has 0 fully saturated rings. The van der Waals surface area contributed by atoms with Gasteiger partial charge in [0.25, 0.3) is 0 Å². The Kier molecular flexibility index (Phi) is 7.08. The molecule has 23 heavy (non-hydrogen) atoms. The number of benzene rings is 1. The normalized spacial score (nSPS) is 16.1. The zero-order chi connectivity index (χ0) is 16.7. The van der Waals surface area contributed by atoms with Crippen molar-refractivity contribution in [3.63, 3.8) is 0 Å². The van der Waals surface area contributed by atoms with Crippen LogP contribution in [0, 0.1) is 0 Å². The van der Waals surface area contributed by atoms with E-state index in [1.807, 2.05) is 12.3 Å². The summed E-state index contributed by atoms with van der Waals surface area (Å²) in [5.41, 5.74) is 3.03. The van der Waals surface area contributed by atoms with Crippen LogP contribution >= 0.6 is 24.0 Å². The lowest BCUT2D eigenvalue weighted by molar-refractivity contribution is 0.183. The van der Waals surface area contributed by atoms with Crippen LogP contribution in [-0.2, 0) is 0 Å². The van der Waals surface area contributed by atoms with E-state index in [4.69, 9.17) is 12.2 Å². The van der Waals surface area contributed by atoms with E-state index in [2.05, 4.69) is 10.3 Å². The Hall–Kier alpha value is -1.37. The van der Waals surface area contributed by atoms with Crippen molar-refractivity contribution < 1.29 is 10.2 Å². The molecule has 3 N–H and O–H groups in total. The van der Waals surface area contributed by atoms with Crippen molar-refractivity contribution in [1.82, 2.24) is 5.32 Å². The molecule has 0 amide bonds. The standard InChI is InChI=1S/C17H22N2O2S2/c1-23-17(22)14-6-4-7-15(14)19-11-13(20)10-18-9-12-5-2-3-8-16(12)21/h2-3,5,8-9,13,19-21H,4,6-7,10-11H2,1H3. The molecule has 1 unspecified atom stereocenters. The molecule has 0 aliphatic heterocycles. The molecular weight excluding hydrogens is 328 g/mol. The molecule has 1 aliphatic rings. The Labute approximate surface area is 146 Å². The first kappa shape index (κ1) is 18.0. The summed E-state index contributed by atoms with van der Waals surface area (Å²) in [6, 6.07) is 6.99. The summed E-state index contributed by atoms with van der Waals surface area (Å²) >= 11 is 6.96. The topological polar surface area (TPSA) is 64.8 Å². The van der Waals surface area contributed by atoms with E-state index < -0.39 is 6.10 Å². The number of hydrogen-bond donors (Lipinski definition) is 3. The lowest BCUT2D eigenvalue weighted by Crippen LogP contribution is -2.28. The van der Waals surface area contributed by atoms with E-state index in [1.54, 1.807) is 36.2 Å². The predicted molar refractivity (Wildman–Crippen MR) is 102 cm³/mol. The highest BCUT2D eigenvalue weighted by molar-refractivity contribution is 8.23. The van der Waals surface area contributed by atoms with Gasteiger partial charge in [0.1, 0.15) is 5.75 Å². The van der Waals surface area contributed by atoms with Gasteiger partial charge in [0.2, 0.25) is 0 Å². The van der Waals surface area contributed by atoms with Gasteiger partial charge in [0, 0.05) is 24.0 Å². The number of thioether (sulfide) groups is 1.